The molecule has 1 aliphatic rings. The molecule has 0 radical (unpaired) electrons. The number of nitrogens with zero attached hydrogens (tertiary/aromatic N) is 3. The number of nitrogens with one attached hydrogen (secondary N) is 1. The number of aromatic nitrogens is 2. The lowest BCUT2D eigenvalue weighted by Crippen LogP contribution is -2.21. The smallest absolute Gasteiger partial charge is 0.318 e. The highest BCUT2D eigenvalue weighted by molar-refractivity contribution is 6.30. The van der Waals surface area contributed by atoms with Crippen LogP contribution in [-0.2, 0) is 6.54 Å². The summed E-state index contributed by atoms with van der Waals surface area (Å²) in [4.78, 5) is 1.97. The molecule has 1 atom stereocenters. The van der Waals surface area contributed by atoms with E-state index in [-0.39, 0.29) is 6.04 Å². The average Bonchev–Trinajstić information content (AvgIpc) is 3.21. The Labute approximate surface area is 129 Å². The Morgan fingerprint density at radius 3 is 2.71 bits per heavy atom. The largest absolute Gasteiger partial charge is 0.407 e. The third kappa shape index (κ3) is 3.54. The molecule has 1 saturated carbocycles. The average molecular weight is 307 g/mol. The van der Waals surface area contributed by atoms with Crippen LogP contribution in [0.15, 0.2) is 28.7 Å². The fourth-order valence-electron chi connectivity index (χ4n) is 2.11. The van der Waals surface area contributed by atoms with Crippen LogP contribution in [-0.4, -0.2) is 23.3 Å². The van der Waals surface area contributed by atoms with Gasteiger partial charge >= 0.3 is 6.01 Å². The Hall–Kier alpha value is -1.59. The number of rotatable bonds is 6. The molecule has 1 aliphatic carbocycles. The summed E-state index contributed by atoms with van der Waals surface area (Å²) in [5.41, 5.74) is 1.15. The van der Waals surface area contributed by atoms with E-state index >= 15 is 0 Å². The number of halogens is 1. The second-order valence-electron chi connectivity index (χ2n) is 5.47. The van der Waals surface area contributed by atoms with Crippen molar-refractivity contribution in [1.29, 1.82) is 0 Å². The Bertz CT molecular complexity index is 594. The van der Waals surface area contributed by atoms with Crippen molar-refractivity contribution in [1.82, 2.24) is 15.5 Å². The summed E-state index contributed by atoms with van der Waals surface area (Å²) in [5, 5.41) is 12.3. The molecule has 6 heteroatoms. The predicted molar refractivity (Wildman–Crippen MR) is 82.4 cm³/mol. The number of anilines is 1. The highest BCUT2D eigenvalue weighted by Gasteiger charge is 2.22. The fraction of sp³-hybridized carbons (Fsp3) is 0.467. The van der Waals surface area contributed by atoms with Gasteiger partial charge in [0.25, 0.3) is 0 Å². The lowest BCUT2D eigenvalue weighted by Gasteiger charge is -2.23. The first-order valence-electron chi connectivity index (χ1n) is 7.17. The van der Waals surface area contributed by atoms with E-state index in [4.69, 9.17) is 16.0 Å². The van der Waals surface area contributed by atoms with E-state index in [1.54, 1.807) is 0 Å². The first-order chi connectivity index (χ1) is 10.1. The van der Waals surface area contributed by atoms with E-state index in [1.165, 1.54) is 12.8 Å². The number of hydrogen-bond donors (Lipinski definition) is 1. The lowest BCUT2D eigenvalue weighted by atomic mass is 10.1. The van der Waals surface area contributed by atoms with Crippen LogP contribution in [0.5, 0.6) is 0 Å². The fourth-order valence-corrected chi connectivity index (χ4v) is 2.23. The van der Waals surface area contributed by atoms with Crippen LogP contribution in [0.3, 0.4) is 0 Å². The van der Waals surface area contributed by atoms with Crippen molar-refractivity contribution in [3.63, 3.8) is 0 Å². The maximum atomic E-state index is 5.92. The van der Waals surface area contributed by atoms with E-state index in [2.05, 4.69) is 22.4 Å². The third-order valence-electron chi connectivity index (χ3n) is 3.81. The van der Waals surface area contributed by atoms with E-state index in [0.717, 1.165) is 10.6 Å². The van der Waals surface area contributed by atoms with Crippen LogP contribution in [0, 0.1) is 0 Å². The third-order valence-corrected chi connectivity index (χ3v) is 4.06. The molecule has 1 unspecified atom stereocenters. The Morgan fingerprint density at radius 2 is 2.05 bits per heavy atom. The molecular formula is C15H19ClN4O. The topological polar surface area (TPSA) is 54.2 Å². The summed E-state index contributed by atoms with van der Waals surface area (Å²) >= 11 is 5.92. The van der Waals surface area contributed by atoms with Gasteiger partial charge in [-0.2, -0.15) is 0 Å². The molecule has 0 aliphatic heterocycles. The van der Waals surface area contributed by atoms with Crippen molar-refractivity contribution in [3.8, 4) is 0 Å². The van der Waals surface area contributed by atoms with Gasteiger partial charge in [0.1, 0.15) is 0 Å². The second kappa shape index (κ2) is 6.03. The van der Waals surface area contributed by atoms with Crippen LogP contribution in [0.4, 0.5) is 6.01 Å². The van der Waals surface area contributed by atoms with Crippen molar-refractivity contribution in [2.45, 2.75) is 38.4 Å². The Kier molecular flexibility index (Phi) is 4.12. The van der Waals surface area contributed by atoms with Crippen LogP contribution >= 0.6 is 11.6 Å². The molecule has 0 saturated heterocycles. The van der Waals surface area contributed by atoms with Crippen molar-refractivity contribution in [2.75, 3.05) is 11.9 Å². The normalized spacial score (nSPS) is 16.0. The van der Waals surface area contributed by atoms with Gasteiger partial charge in [0.05, 0.1) is 12.6 Å². The summed E-state index contributed by atoms with van der Waals surface area (Å²) in [5.74, 6) is 0.632. The molecule has 21 heavy (non-hydrogen) atoms. The molecule has 112 valence electrons. The molecule has 5 nitrogen and oxygen atoms in total. The minimum Gasteiger partial charge on any atom is -0.407 e. The molecule has 0 spiro atoms. The molecule has 0 amide bonds. The van der Waals surface area contributed by atoms with Gasteiger partial charge in [0.2, 0.25) is 5.89 Å². The van der Waals surface area contributed by atoms with E-state index < -0.39 is 0 Å². The number of hydrogen-bond acceptors (Lipinski definition) is 5. The van der Waals surface area contributed by atoms with Gasteiger partial charge in [0.15, 0.2) is 0 Å². The van der Waals surface area contributed by atoms with Gasteiger partial charge in [-0.1, -0.05) is 28.8 Å². The van der Waals surface area contributed by atoms with Crippen molar-refractivity contribution >= 4 is 17.6 Å². The maximum Gasteiger partial charge on any atom is 0.318 e. The predicted octanol–water partition coefficient (Wildman–Crippen LogP) is 3.17. The zero-order chi connectivity index (χ0) is 14.8. The molecule has 2 aromatic rings. The van der Waals surface area contributed by atoms with Crippen LogP contribution in [0.2, 0.25) is 5.02 Å². The van der Waals surface area contributed by atoms with E-state index in [0.29, 0.717) is 24.5 Å². The Balaban J connectivity index is 1.65. The minimum absolute atomic E-state index is 0.131. The second-order valence-corrected chi connectivity index (χ2v) is 5.91. The molecular weight excluding hydrogens is 288 g/mol. The first-order valence-corrected chi connectivity index (χ1v) is 7.55. The molecule has 1 heterocycles. The van der Waals surface area contributed by atoms with Gasteiger partial charge < -0.3 is 14.6 Å². The Morgan fingerprint density at radius 1 is 1.33 bits per heavy atom. The van der Waals surface area contributed by atoms with Crippen molar-refractivity contribution < 1.29 is 4.42 Å². The van der Waals surface area contributed by atoms with E-state index in [1.807, 2.05) is 36.2 Å². The van der Waals surface area contributed by atoms with Crippen LogP contribution in [0.1, 0.15) is 37.3 Å². The van der Waals surface area contributed by atoms with Crippen LogP contribution < -0.4 is 10.2 Å². The zero-order valence-electron chi connectivity index (χ0n) is 12.2. The summed E-state index contributed by atoms with van der Waals surface area (Å²) in [6.45, 7) is 2.73. The summed E-state index contributed by atoms with van der Waals surface area (Å²) in [7, 11) is 1.95. The lowest BCUT2D eigenvalue weighted by molar-refractivity contribution is 0.457. The molecule has 0 bridgehead atoms. The summed E-state index contributed by atoms with van der Waals surface area (Å²) < 4.78 is 5.71. The van der Waals surface area contributed by atoms with Gasteiger partial charge in [-0.05, 0) is 37.5 Å². The molecule has 1 aromatic carbocycles. The monoisotopic (exact) mass is 306 g/mol. The molecule has 1 aromatic heterocycles. The first kappa shape index (κ1) is 14.4. The van der Waals surface area contributed by atoms with Crippen molar-refractivity contribution in [3.05, 3.63) is 40.7 Å². The van der Waals surface area contributed by atoms with Gasteiger partial charge in [-0.15, -0.1) is 5.10 Å². The summed E-state index contributed by atoms with van der Waals surface area (Å²) in [6, 6.07) is 9.09. The molecule has 1 fully saturated rings. The van der Waals surface area contributed by atoms with Gasteiger partial charge in [-0.3, -0.25) is 0 Å². The highest BCUT2D eigenvalue weighted by Crippen LogP contribution is 2.25. The zero-order valence-corrected chi connectivity index (χ0v) is 13.0. The standard InChI is InChI=1S/C15H19ClN4O/c1-10(11-3-5-12(16)6-4-11)20(2)15-19-18-14(21-15)9-17-13-7-8-13/h3-6,10,13,17H,7-9H2,1-2H3. The molecule has 1 N–H and O–H groups in total. The van der Waals surface area contributed by atoms with Gasteiger partial charge in [-0.25, -0.2) is 0 Å². The van der Waals surface area contributed by atoms with E-state index in [9.17, 15) is 0 Å². The van der Waals surface area contributed by atoms with Crippen molar-refractivity contribution in [2.24, 2.45) is 0 Å². The SMILES string of the molecule is CC(c1ccc(Cl)cc1)N(C)c1nnc(CNC2CC2)o1. The van der Waals surface area contributed by atoms with Crippen LogP contribution in [0.25, 0.3) is 0 Å². The van der Waals surface area contributed by atoms with Gasteiger partial charge in [0, 0.05) is 18.1 Å². The highest BCUT2D eigenvalue weighted by atomic mass is 35.5. The number of benzene rings is 1. The summed E-state index contributed by atoms with van der Waals surface area (Å²) in [6.07, 6.45) is 2.49. The quantitative estimate of drug-likeness (QED) is 0.888. The minimum atomic E-state index is 0.131. The molecule has 3 rings (SSSR count). The maximum absolute atomic E-state index is 5.92.